The Balaban J connectivity index is 3.03. The van der Waals surface area contributed by atoms with Gasteiger partial charge in [0.1, 0.15) is 5.75 Å². The molecule has 5 nitrogen and oxygen atoms in total. The van der Waals surface area contributed by atoms with Crippen LogP contribution in [0.4, 0.5) is 0 Å². The zero-order valence-electron chi connectivity index (χ0n) is 20.4. The minimum absolute atomic E-state index is 0.117. The van der Waals surface area contributed by atoms with Crippen LogP contribution in [0.3, 0.4) is 0 Å². The summed E-state index contributed by atoms with van der Waals surface area (Å²) in [4.78, 5) is 26.2. The highest BCUT2D eigenvalue weighted by Gasteiger charge is 2.53. The second kappa shape index (κ2) is 14.1. The van der Waals surface area contributed by atoms with Gasteiger partial charge in [0.15, 0.2) is 5.41 Å². The van der Waals surface area contributed by atoms with E-state index in [0.717, 1.165) is 17.7 Å². The largest absolute Gasteiger partial charge is 0.494 e. The van der Waals surface area contributed by atoms with Crippen LogP contribution in [0.5, 0.6) is 5.75 Å². The standard InChI is InChI=1S/C26H42O5/c1-7-10-11-12-13-18-31-23-16-14-22(15-17-23)21(6)26(19-20(4)5,24(27)29-8-2)25(28)30-9-3/h14-17,20-21H,7-13,18-19H2,1-6H3. The van der Waals surface area contributed by atoms with Gasteiger partial charge in [-0.25, -0.2) is 0 Å². The summed E-state index contributed by atoms with van der Waals surface area (Å²) < 4.78 is 16.6. The molecule has 1 rings (SSSR count). The molecular weight excluding hydrogens is 392 g/mol. The number of hydrogen-bond acceptors (Lipinski definition) is 5. The van der Waals surface area contributed by atoms with Crippen LogP contribution < -0.4 is 4.74 Å². The summed E-state index contributed by atoms with van der Waals surface area (Å²) in [6, 6.07) is 7.69. The molecule has 5 heteroatoms. The summed E-state index contributed by atoms with van der Waals surface area (Å²) in [6.45, 7) is 12.7. The highest BCUT2D eigenvalue weighted by molar-refractivity contribution is 6.01. The van der Waals surface area contributed by atoms with Gasteiger partial charge in [-0.3, -0.25) is 9.59 Å². The van der Waals surface area contributed by atoms with Gasteiger partial charge in [0, 0.05) is 5.92 Å². The number of ether oxygens (including phenoxy) is 3. The summed E-state index contributed by atoms with van der Waals surface area (Å²) >= 11 is 0. The fourth-order valence-electron chi connectivity index (χ4n) is 3.98. The Morgan fingerprint density at radius 3 is 1.87 bits per heavy atom. The Morgan fingerprint density at radius 1 is 0.839 bits per heavy atom. The van der Waals surface area contributed by atoms with Gasteiger partial charge in [-0.1, -0.05) is 65.5 Å². The summed E-state index contributed by atoms with van der Waals surface area (Å²) in [7, 11) is 0. The van der Waals surface area contributed by atoms with Crippen LogP contribution >= 0.6 is 0 Å². The number of carbonyl (C=O) groups is 2. The molecule has 0 aromatic heterocycles. The quantitative estimate of drug-likeness (QED) is 0.184. The third-order valence-corrected chi connectivity index (χ3v) is 5.65. The summed E-state index contributed by atoms with van der Waals surface area (Å²) in [5, 5.41) is 0. The molecule has 0 saturated heterocycles. The third kappa shape index (κ3) is 7.86. The van der Waals surface area contributed by atoms with E-state index >= 15 is 0 Å². The molecule has 0 aliphatic heterocycles. The average molecular weight is 435 g/mol. The van der Waals surface area contributed by atoms with Crippen LogP contribution in [0.1, 0.15) is 91.5 Å². The molecule has 0 aliphatic rings. The maximum absolute atomic E-state index is 13.1. The molecule has 0 N–H and O–H groups in total. The lowest BCUT2D eigenvalue weighted by Gasteiger charge is -2.36. The molecule has 0 heterocycles. The first-order valence-electron chi connectivity index (χ1n) is 11.9. The van der Waals surface area contributed by atoms with Gasteiger partial charge in [0.25, 0.3) is 0 Å². The third-order valence-electron chi connectivity index (χ3n) is 5.65. The summed E-state index contributed by atoms with van der Waals surface area (Å²) in [5.74, 6) is -0.500. The molecule has 0 amide bonds. The van der Waals surface area contributed by atoms with Crippen molar-refractivity contribution in [2.45, 2.75) is 86.0 Å². The molecule has 0 saturated carbocycles. The van der Waals surface area contributed by atoms with Gasteiger partial charge in [0.2, 0.25) is 0 Å². The van der Waals surface area contributed by atoms with Gasteiger partial charge in [-0.15, -0.1) is 0 Å². The highest BCUT2D eigenvalue weighted by Crippen LogP contribution is 2.44. The van der Waals surface area contributed by atoms with Crippen molar-refractivity contribution in [1.82, 2.24) is 0 Å². The second-order valence-corrected chi connectivity index (χ2v) is 8.56. The van der Waals surface area contributed by atoms with Crippen molar-refractivity contribution >= 4 is 11.9 Å². The molecule has 1 aromatic rings. The van der Waals surface area contributed by atoms with Crippen molar-refractivity contribution < 1.29 is 23.8 Å². The normalized spacial score (nSPS) is 12.5. The van der Waals surface area contributed by atoms with E-state index in [4.69, 9.17) is 14.2 Å². The lowest BCUT2D eigenvalue weighted by atomic mass is 9.68. The SMILES string of the molecule is CCCCCCCOc1ccc(C(C)C(CC(C)C)(C(=O)OCC)C(=O)OCC)cc1. The topological polar surface area (TPSA) is 61.8 Å². The van der Waals surface area contributed by atoms with Crippen molar-refractivity contribution in [1.29, 1.82) is 0 Å². The predicted octanol–water partition coefficient (Wildman–Crippen LogP) is 6.30. The number of unbranched alkanes of at least 4 members (excludes halogenated alkanes) is 4. The fourth-order valence-corrected chi connectivity index (χ4v) is 3.98. The van der Waals surface area contributed by atoms with E-state index in [9.17, 15) is 9.59 Å². The van der Waals surface area contributed by atoms with E-state index in [1.807, 2.05) is 45.0 Å². The molecule has 176 valence electrons. The number of carbonyl (C=O) groups excluding carboxylic acids is 2. The number of hydrogen-bond donors (Lipinski definition) is 0. The summed E-state index contributed by atoms with van der Waals surface area (Å²) in [5.41, 5.74) is -0.487. The Labute approximate surface area is 188 Å². The molecule has 1 atom stereocenters. The van der Waals surface area contributed by atoms with E-state index in [0.29, 0.717) is 13.0 Å². The predicted molar refractivity (Wildman–Crippen MR) is 124 cm³/mol. The van der Waals surface area contributed by atoms with E-state index < -0.39 is 23.3 Å². The zero-order valence-corrected chi connectivity index (χ0v) is 20.4. The Bertz CT molecular complexity index is 632. The average Bonchev–Trinajstić information content (AvgIpc) is 2.74. The molecule has 1 aromatic carbocycles. The van der Waals surface area contributed by atoms with E-state index in [1.165, 1.54) is 25.7 Å². The van der Waals surface area contributed by atoms with E-state index in [-0.39, 0.29) is 19.1 Å². The monoisotopic (exact) mass is 434 g/mol. The first-order chi connectivity index (χ1) is 14.8. The minimum atomic E-state index is -1.37. The maximum Gasteiger partial charge on any atom is 0.324 e. The Kier molecular flexibility index (Phi) is 12.3. The van der Waals surface area contributed by atoms with Crippen LogP contribution in [0.15, 0.2) is 24.3 Å². The summed E-state index contributed by atoms with van der Waals surface area (Å²) in [6.07, 6.45) is 6.33. The molecule has 0 spiro atoms. The Hall–Kier alpha value is -2.04. The first kappa shape index (κ1) is 27.0. The molecular formula is C26H42O5. The van der Waals surface area contributed by atoms with Crippen LogP contribution in [0.2, 0.25) is 0 Å². The molecule has 31 heavy (non-hydrogen) atoms. The molecule has 0 radical (unpaired) electrons. The lowest BCUT2D eigenvalue weighted by molar-refractivity contribution is -0.175. The van der Waals surface area contributed by atoms with Crippen LogP contribution in [0, 0.1) is 11.3 Å². The molecule has 0 fully saturated rings. The number of rotatable bonds is 15. The van der Waals surface area contributed by atoms with Gasteiger partial charge in [-0.05, 0) is 50.3 Å². The van der Waals surface area contributed by atoms with Crippen LogP contribution in [0.25, 0.3) is 0 Å². The van der Waals surface area contributed by atoms with Crippen molar-refractivity contribution in [3.05, 3.63) is 29.8 Å². The number of benzene rings is 1. The number of esters is 2. The smallest absolute Gasteiger partial charge is 0.324 e. The first-order valence-corrected chi connectivity index (χ1v) is 11.9. The molecule has 0 aliphatic carbocycles. The molecule has 0 bridgehead atoms. The van der Waals surface area contributed by atoms with Gasteiger partial charge < -0.3 is 14.2 Å². The van der Waals surface area contributed by atoms with Crippen molar-refractivity contribution in [2.75, 3.05) is 19.8 Å². The minimum Gasteiger partial charge on any atom is -0.494 e. The van der Waals surface area contributed by atoms with Crippen molar-refractivity contribution in [3.63, 3.8) is 0 Å². The Morgan fingerprint density at radius 2 is 1.39 bits per heavy atom. The lowest BCUT2D eigenvalue weighted by Crippen LogP contribution is -2.47. The highest BCUT2D eigenvalue weighted by atomic mass is 16.6. The van der Waals surface area contributed by atoms with E-state index in [2.05, 4.69) is 6.92 Å². The van der Waals surface area contributed by atoms with Gasteiger partial charge >= 0.3 is 11.9 Å². The van der Waals surface area contributed by atoms with Crippen molar-refractivity contribution in [2.24, 2.45) is 11.3 Å². The van der Waals surface area contributed by atoms with Crippen LogP contribution in [-0.4, -0.2) is 31.8 Å². The maximum atomic E-state index is 13.1. The van der Waals surface area contributed by atoms with Crippen LogP contribution in [-0.2, 0) is 19.1 Å². The fraction of sp³-hybridized carbons (Fsp3) is 0.692. The van der Waals surface area contributed by atoms with Gasteiger partial charge in [-0.2, -0.15) is 0 Å². The van der Waals surface area contributed by atoms with Crippen molar-refractivity contribution in [3.8, 4) is 5.75 Å². The van der Waals surface area contributed by atoms with Gasteiger partial charge in [0.05, 0.1) is 19.8 Å². The van der Waals surface area contributed by atoms with E-state index in [1.54, 1.807) is 13.8 Å². The zero-order chi connectivity index (χ0) is 23.3. The molecule has 1 unspecified atom stereocenters. The second-order valence-electron chi connectivity index (χ2n) is 8.56.